The van der Waals surface area contributed by atoms with Crippen LogP contribution < -0.4 is 15.0 Å². The van der Waals surface area contributed by atoms with Gasteiger partial charge in [-0.25, -0.2) is 4.98 Å². The lowest BCUT2D eigenvalue weighted by atomic mass is 10.1. The number of hydrogen-bond donors (Lipinski definition) is 0. The maximum Gasteiger partial charge on any atom is 0.266 e. The van der Waals surface area contributed by atoms with Gasteiger partial charge in [-0.2, -0.15) is 0 Å². The number of rotatable bonds is 3. The first-order valence-corrected chi connectivity index (χ1v) is 11.9. The van der Waals surface area contributed by atoms with Gasteiger partial charge < -0.3 is 9.47 Å². The van der Waals surface area contributed by atoms with Gasteiger partial charge in [0.1, 0.15) is 5.82 Å². The monoisotopic (exact) mass is 482 g/mol. The highest BCUT2D eigenvalue weighted by Gasteiger charge is 2.14. The molecule has 0 atom stereocenters. The summed E-state index contributed by atoms with van der Waals surface area (Å²) in [6.45, 7) is 2.20. The molecule has 0 radical (unpaired) electrons. The van der Waals surface area contributed by atoms with Crippen molar-refractivity contribution >= 4 is 23.1 Å². The lowest BCUT2D eigenvalue weighted by molar-refractivity contribution is 0.174. The van der Waals surface area contributed by atoms with Crippen LogP contribution in [0.25, 0.3) is 28.7 Å². The van der Waals surface area contributed by atoms with Crippen molar-refractivity contribution in [1.29, 1.82) is 0 Å². The minimum absolute atomic E-state index is 0.123. The van der Waals surface area contributed by atoms with E-state index in [1.54, 1.807) is 4.57 Å². The van der Waals surface area contributed by atoms with Gasteiger partial charge in [0.25, 0.3) is 5.56 Å². The zero-order chi connectivity index (χ0) is 25.2. The van der Waals surface area contributed by atoms with Crippen LogP contribution in [0, 0.1) is 18.8 Å². The number of nitrogens with zero attached hydrogens (tertiary/aromatic N) is 2. The summed E-state index contributed by atoms with van der Waals surface area (Å²) in [6.07, 6.45) is 3.78. The first-order chi connectivity index (χ1) is 18.2. The van der Waals surface area contributed by atoms with Crippen LogP contribution in [0.2, 0.25) is 0 Å². The zero-order valence-corrected chi connectivity index (χ0v) is 20.1. The van der Waals surface area contributed by atoms with Gasteiger partial charge in [-0.05, 0) is 78.7 Å². The molecule has 1 aliphatic heterocycles. The first kappa shape index (κ1) is 22.4. The van der Waals surface area contributed by atoms with Crippen LogP contribution in [0.4, 0.5) is 0 Å². The van der Waals surface area contributed by atoms with Crippen molar-refractivity contribution in [2.75, 3.05) is 6.79 Å². The molecule has 4 aromatic carbocycles. The molecule has 0 N–H and O–H groups in total. The number of aryl methyl sites for hydroxylation is 1. The Morgan fingerprint density at radius 1 is 0.811 bits per heavy atom. The lowest BCUT2D eigenvalue weighted by Crippen LogP contribution is -2.23. The molecule has 0 spiro atoms. The Morgan fingerprint density at radius 2 is 1.59 bits per heavy atom. The van der Waals surface area contributed by atoms with Gasteiger partial charge in [-0.1, -0.05) is 54.3 Å². The second-order valence-electron chi connectivity index (χ2n) is 8.69. The maximum atomic E-state index is 13.7. The van der Waals surface area contributed by atoms with Gasteiger partial charge in [-0.3, -0.25) is 9.36 Å². The standard InChI is InChI=1S/C32H22N2O3/c1-22-19-24(12-11-23-7-3-2-4-8-23)13-16-28(22)34-31(33-27-10-6-5-9-26(27)32(34)35)18-15-25-14-17-29-30(20-25)37-21-36-29/h2-10,13-20H,21H2,1H3. The van der Waals surface area contributed by atoms with E-state index in [4.69, 9.17) is 14.5 Å². The number of aromatic nitrogens is 2. The molecule has 0 saturated heterocycles. The van der Waals surface area contributed by atoms with Crippen molar-refractivity contribution in [3.63, 3.8) is 0 Å². The topological polar surface area (TPSA) is 53.4 Å². The molecular weight excluding hydrogens is 460 g/mol. The number of para-hydroxylation sites is 1. The molecule has 1 aliphatic rings. The molecule has 5 heteroatoms. The second kappa shape index (κ2) is 9.52. The van der Waals surface area contributed by atoms with Crippen LogP contribution in [-0.4, -0.2) is 16.3 Å². The highest BCUT2D eigenvalue weighted by Crippen LogP contribution is 2.33. The van der Waals surface area contributed by atoms with Crippen LogP contribution in [0.5, 0.6) is 11.5 Å². The average Bonchev–Trinajstić information content (AvgIpc) is 3.40. The van der Waals surface area contributed by atoms with E-state index in [0.717, 1.165) is 33.7 Å². The van der Waals surface area contributed by atoms with E-state index in [0.29, 0.717) is 22.5 Å². The Hall–Kier alpha value is -5.08. The predicted octanol–water partition coefficient (Wildman–Crippen LogP) is 5.99. The molecule has 0 saturated carbocycles. The van der Waals surface area contributed by atoms with Crippen LogP contribution in [0.1, 0.15) is 28.1 Å². The minimum atomic E-state index is -0.123. The summed E-state index contributed by atoms with van der Waals surface area (Å²) in [4.78, 5) is 18.5. The second-order valence-corrected chi connectivity index (χ2v) is 8.69. The Kier molecular flexibility index (Phi) is 5.76. The van der Waals surface area contributed by atoms with Gasteiger partial charge in [-0.15, -0.1) is 0 Å². The SMILES string of the molecule is Cc1cc(C#Cc2ccccc2)ccc1-n1c(C=Cc2ccc3c(c2)OCO3)nc2ccccc2c1=O. The summed E-state index contributed by atoms with van der Waals surface area (Å²) < 4.78 is 12.6. The Bertz CT molecular complexity index is 1790. The smallest absolute Gasteiger partial charge is 0.266 e. The van der Waals surface area contributed by atoms with E-state index in [-0.39, 0.29) is 12.4 Å². The van der Waals surface area contributed by atoms with Crippen molar-refractivity contribution in [3.8, 4) is 29.0 Å². The molecule has 1 aromatic heterocycles. The molecule has 0 amide bonds. The number of ether oxygens (including phenoxy) is 2. The lowest BCUT2D eigenvalue weighted by Gasteiger charge is -2.14. The van der Waals surface area contributed by atoms with Crippen LogP contribution in [0.3, 0.4) is 0 Å². The van der Waals surface area contributed by atoms with Crippen molar-refractivity contribution in [2.24, 2.45) is 0 Å². The van der Waals surface area contributed by atoms with E-state index in [1.165, 1.54) is 0 Å². The molecular formula is C32H22N2O3. The molecule has 0 bridgehead atoms. The maximum absolute atomic E-state index is 13.7. The first-order valence-electron chi connectivity index (χ1n) is 11.9. The number of fused-ring (bicyclic) bond motifs is 2. The summed E-state index contributed by atoms with van der Waals surface area (Å²) >= 11 is 0. The molecule has 0 aliphatic carbocycles. The highest BCUT2D eigenvalue weighted by molar-refractivity contribution is 5.80. The Balaban J connectivity index is 1.44. The third-order valence-electron chi connectivity index (χ3n) is 6.19. The molecule has 178 valence electrons. The van der Waals surface area contributed by atoms with Crippen molar-refractivity contribution in [3.05, 3.63) is 129 Å². The fraction of sp³-hybridized carbons (Fsp3) is 0.0625. The van der Waals surface area contributed by atoms with Crippen LogP contribution in [0.15, 0.2) is 95.8 Å². The van der Waals surface area contributed by atoms with Gasteiger partial charge in [0.2, 0.25) is 6.79 Å². The highest BCUT2D eigenvalue weighted by atomic mass is 16.7. The summed E-state index contributed by atoms with van der Waals surface area (Å²) in [5.74, 6) is 8.37. The molecule has 37 heavy (non-hydrogen) atoms. The normalized spacial score (nSPS) is 12.0. The van der Waals surface area contributed by atoms with E-state index in [1.807, 2.05) is 110 Å². The minimum Gasteiger partial charge on any atom is -0.454 e. The van der Waals surface area contributed by atoms with E-state index in [9.17, 15) is 4.79 Å². The predicted molar refractivity (Wildman–Crippen MR) is 146 cm³/mol. The van der Waals surface area contributed by atoms with Gasteiger partial charge in [0.05, 0.1) is 16.6 Å². The van der Waals surface area contributed by atoms with Gasteiger partial charge in [0.15, 0.2) is 11.5 Å². The Labute approximate surface area is 214 Å². The number of hydrogen-bond acceptors (Lipinski definition) is 4. The number of benzene rings is 4. The Morgan fingerprint density at radius 3 is 2.46 bits per heavy atom. The summed E-state index contributed by atoms with van der Waals surface area (Å²) in [7, 11) is 0. The van der Waals surface area contributed by atoms with Gasteiger partial charge >= 0.3 is 0 Å². The summed E-state index contributed by atoms with van der Waals surface area (Å²) in [6, 6.07) is 28.9. The molecule has 2 heterocycles. The fourth-order valence-corrected chi connectivity index (χ4v) is 4.33. The van der Waals surface area contributed by atoms with E-state index < -0.39 is 0 Å². The summed E-state index contributed by atoms with van der Waals surface area (Å²) in [5.41, 5.74) is 4.97. The van der Waals surface area contributed by atoms with E-state index in [2.05, 4.69) is 11.8 Å². The largest absolute Gasteiger partial charge is 0.454 e. The molecule has 5 nitrogen and oxygen atoms in total. The third-order valence-corrected chi connectivity index (χ3v) is 6.19. The van der Waals surface area contributed by atoms with E-state index >= 15 is 0 Å². The zero-order valence-electron chi connectivity index (χ0n) is 20.1. The molecule has 0 fully saturated rings. The third kappa shape index (κ3) is 4.49. The van der Waals surface area contributed by atoms with Crippen molar-refractivity contribution in [2.45, 2.75) is 6.92 Å². The van der Waals surface area contributed by atoms with Crippen LogP contribution >= 0.6 is 0 Å². The van der Waals surface area contributed by atoms with Crippen LogP contribution in [-0.2, 0) is 0 Å². The molecule has 6 rings (SSSR count). The van der Waals surface area contributed by atoms with Gasteiger partial charge in [0, 0.05) is 11.1 Å². The molecule has 0 unspecified atom stereocenters. The van der Waals surface area contributed by atoms with Crippen molar-refractivity contribution in [1.82, 2.24) is 9.55 Å². The molecule has 5 aromatic rings. The summed E-state index contributed by atoms with van der Waals surface area (Å²) in [5, 5.41) is 0.565. The van der Waals surface area contributed by atoms with Crippen molar-refractivity contribution < 1.29 is 9.47 Å². The average molecular weight is 483 g/mol. The fourth-order valence-electron chi connectivity index (χ4n) is 4.33. The quantitative estimate of drug-likeness (QED) is 0.296.